The van der Waals surface area contributed by atoms with Gasteiger partial charge >= 0.3 is 11.9 Å². The number of carbonyl (C=O) groups is 2. The smallest absolute Gasteiger partial charge is 0.345 e. The van der Waals surface area contributed by atoms with Crippen molar-refractivity contribution in [1.29, 1.82) is 0 Å². The van der Waals surface area contributed by atoms with E-state index in [0.29, 0.717) is 17.9 Å². The van der Waals surface area contributed by atoms with Crippen molar-refractivity contribution in [3.8, 4) is 0 Å². The molecule has 0 saturated carbocycles. The number of carboxylic acids is 2. The summed E-state index contributed by atoms with van der Waals surface area (Å²) >= 11 is 0. The lowest BCUT2D eigenvalue weighted by Crippen LogP contribution is -2.43. The Bertz CT molecular complexity index is 485. The van der Waals surface area contributed by atoms with Crippen LogP contribution in [0.5, 0.6) is 0 Å². The van der Waals surface area contributed by atoms with Gasteiger partial charge in [-0.05, 0) is 25.5 Å². The molecule has 1 heterocycles. The number of rotatable bonds is 5. The molecule has 0 amide bonds. The first-order chi connectivity index (χ1) is 8.38. The molecule has 2 N–H and O–H groups in total. The second-order valence-electron chi connectivity index (χ2n) is 4.02. The predicted octanol–water partition coefficient (Wildman–Crippen LogP) is 0.429. The van der Waals surface area contributed by atoms with Gasteiger partial charge in [0.15, 0.2) is 12.1 Å². The standard InChI is InChI=1S/C12H16N2O4/c1-4-14(7-9(15)16)11-10(12(17)18)8(2)5-6-13(11)3/h5-6H,4,7H2,1-3H3,(H-,15,16,17,18)/p+1. The van der Waals surface area contributed by atoms with Gasteiger partial charge in [-0.2, -0.15) is 0 Å². The third-order valence-corrected chi connectivity index (χ3v) is 2.72. The Balaban J connectivity index is 3.40. The van der Waals surface area contributed by atoms with Gasteiger partial charge in [0.05, 0.1) is 19.8 Å². The van der Waals surface area contributed by atoms with Crippen molar-refractivity contribution >= 4 is 17.8 Å². The predicted molar refractivity (Wildman–Crippen MR) is 64.8 cm³/mol. The quantitative estimate of drug-likeness (QED) is 0.744. The third kappa shape index (κ3) is 2.77. The molecule has 0 atom stereocenters. The molecule has 0 aromatic carbocycles. The SMILES string of the molecule is CCN(CC(=O)O)c1c(C(=O)O)c(C)cc[n+]1C. The Morgan fingerprint density at radius 2 is 2.00 bits per heavy atom. The van der Waals surface area contributed by atoms with Crippen LogP contribution in [0.4, 0.5) is 5.82 Å². The van der Waals surface area contributed by atoms with E-state index in [-0.39, 0.29) is 12.1 Å². The number of aromatic carboxylic acids is 1. The maximum Gasteiger partial charge on any atom is 0.345 e. The van der Waals surface area contributed by atoms with E-state index < -0.39 is 11.9 Å². The van der Waals surface area contributed by atoms with Gasteiger partial charge in [0.2, 0.25) is 0 Å². The van der Waals surface area contributed by atoms with Crippen LogP contribution in [-0.4, -0.2) is 35.2 Å². The monoisotopic (exact) mass is 253 g/mol. The van der Waals surface area contributed by atoms with Gasteiger partial charge in [-0.15, -0.1) is 0 Å². The van der Waals surface area contributed by atoms with E-state index in [1.807, 2.05) is 0 Å². The van der Waals surface area contributed by atoms with E-state index in [2.05, 4.69) is 0 Å². The number of nitrogens with zero attached hydrogens (tertiary/aromatic N) is 2. The highest BCUT2D eigenvalue weighted by atomic mass is 16.4. The first kappa shape index (κ1) is 14.0. The maximum absolute atomic E-state index is 11.3. The van der Waals surface area contributed by atoms with Crippen molar-refractivity contribution in [2.75, 3.05) is 18.0 Å². The number of anilines is 1. The van der Waals surface area contributed by atoms with Crippen LogP contribution in [-0.2, 0) is 11.8 Å². The van der Waals surface area contributed by atoms with Gasteiger partial charge < -0.3 is 10.2 Å². The van der Waals surface area contributed by atoms with Crippen LogP contribution in [0.3, 0.4) is 0 Å². The Morgan fingerprint density at radius 1 is 1.39 bits per heavy atom. The summed E-state index contributed by atoms with van der Waals surface area (Å²) in [4.78, 5) is 23.7. The maximum atomic E-state index is 11.3. The third-order valence-electron chi connectivity index (χ3n) is 2.72. The number of aliphatic carboxylic acids is 1. The number of aromatic nitrogens is 1. The van der Waals surface area contributed by atoms with E-state index >= 15 is 0 Å². The fourth-order valence-corrected chi connectivity index (χ4v) is 1.88. The Hall–Kier alpha value is -2.11. The van der Waals surface area contributed by atoms with Crippen molar-refractivity contribution in [2.24, 2.45) is 7.05 Å². The highest BCUT2D eigenvalue weighted by Gasteiger charge is 2.28. The number of pyridine rings is 1. The summed E-state index contributed by atoms with van der Waals surface area (Å²) in [5, 5.41) is 18.1. The first-order valence-corrected chi connectivity index (χ1v) is 5.57. The highest BCUT2D eigenvalue weighted by Crippen LogP contribution is 2.19. The molecule has 0 aliphatic carbocycles. The minimum absolute atomic E-state index is 0.142. The molecule has 6 nitrogen and oxygen atoms in total. The lowest BCUT2D eigenvalue weighted by Gasteiger charge is -2.17. The summed E-state index contributed by atoms with van der Waals surface area (Å²) < 4.78 is 1.63. The molecule has 0 bridgehead atoms. The second-order valence-corrected chi connectivity index (χ2v) is 4.02. The number of hydrogen-bond acceptors (Lipinski definition) is 3. The van der Waals surface area contributed by atoms with Crippen LogP contribution in [0.1, 0.15) is 22.8 Å². The zero-order valence-corrected chi connectivity index (χ0v) is 10.7. The molecule has 18 heavy (non-hydrogen) atoms. The summed E-state index contributed by atoms with van der Waals surface area (Å²) in [6, 6.07) is 1.70. The van der Waals surface area contributed by atoms with Gasteiger partial charge in [-0.25, -0.2) is 14.2 Å². The summed E-state index contributed by atoms with van der Waals surface area (Å²) in [5.41, 5.74) is 0.752. The van der Waals surface area contributed by atoms with Crippen molar-refractivity contribution < 1.29 is 24.4 Å². The van der Waals surface area contributed by atoms with Gasteiger partial charge in [0.1, 0.15) is 0 Å². The van der Waals surface area contributed by atoms with E-state index in [4.69, 9.17) is 5.11 Å². The summed E-state index contributed by atoms with van der Waals surface area (Å²) in [6.45, 7) is 3.68. The number of likely N-dealkylation sites (N-methyl/N-ethyl adjacent to an activating group) is 1. The van der Waals surface area contributed by atoms with Gasteiger partial charge in [-0.1, -0.05) is 0 Å². The lowest BCUT2D eigenvalue weighted by molar-refractivity contribution is -0.659. The largest absolute Gasteiger partial charge is 0.478 e. The molecule has 1 aromatic rings. The highest BCUT2D eigenvalue weighted by molar-refractivity contribution is 5.94. The Kier molecular flexibility index (Phi) is 4.25. The molecule has 0 fully saturated rings. The molecule has 0 radical (unpaired) electrons. The van der Waals surface area contributed by atoms with Gasteiger partial charge in [0, 0.05) is 0 Å². The van der Waals surface area contributed by atoms with E-state index in [0.717, 1.165) is 0 Å². The molecule has 1 aromatic heterocycles. The first-order valence-electron chi connectivity index (χ1n) is 5.57. The van der Waals surface area contributed by atoms with Crippen LogP contribution in [0.25, 0.3) is 0 Å². The Labute approximate surface area is 105 Å². The average Bonchev–Trinajstić information content (AvgIpc) is 2.28. The number of hydrogen-bond donors (Lipinski definition) is 2. The van der Waals surface area contributed by atoms with Crippen molar-refractivity contribution in [2.45, 2.75) is 13.8 Å². The van der Waals surface area contributed by atoms with E-state index in [9.17, 15) is 14.7 Å². The zero-order valence-electron chi connectivity index (χ0n) is 10.7. The summed E-state index contributed by atoms with van der Waals surface area (Å²) in [7, 11) is 1.70. The zero-order chi connectivity index (χ0) is 13.9. The second kappa shape index (κ2) is 5.48. The molecular formula is C12H17N2O4+. The average molecular weight is 253 g/mol. The fraction of sp³-hybridized carbons (Fsp3) is 0.417. The van der Waals surface area contributed by atoms with Crippen LogP contribution >= 0.6 is 0 Å². The lowest BCUT2D eigenvalue weighted by atomic mass is 10.1. The van der Waals surface area contributed by atoms with Crippen LogP contribution in [0.2, 0.25) is 0 Å². The van der Waals surface area contributed by atoms with Gasteiger partial charge in [-0.3, -0.25) is 4.90 Å². The molecule has 0 unspecified atom stereocenters. The minimum atomic E-state index is -1.05. The van der Waals surface area contributed by atoms with Crippen LogP contribution in [0.15, 0.2) is 12.3 Å². The number of aryl methyl sites for hydroxylation is 2. The minimum Gasteiger partial charge on any atom is -0.478 e. The molecule has 0 saturated heterocycles. The molecule has 6 heteroatoms. The van der Waals surface area contributed by atoms with Crippen molar-refractivity contribution in [1.82, 2.24) is 0 Å². The molecule has 0 aliphatic rings. The topological polar surface area (TPSA) is 81.7 Å². The van der Waals surface area contributed by atoms with Crippen LogP contribution < -0.4 is 9.47 Å². The molecule has 0 spiro atoms. The molecule has 1 rings (SSSR count). The molecule has 0 aliphatic heterocycles. The van der Waals surface area contributed by atoms with E-state index in [1.165, 1.54) is 4.90 Å². The summed E-state index contributed by atoms with van der Waals surface area (Å²) in [6.07, 6.45) is 1.72. The normalized spacial score (nSPS) is 10.2. The molecule has 98 valence electrons. The van der Waals surface area contributed by atoms with Gasteiger partial charge in [0.25, 0.3) is 5.82 Å². The van der Waals surface area contributed by atoms with Crippen LogP contribution in [0, 0.1) is 6.92 Å². The van der Waals surface area contributed by atoms with Crippen molar-refractivity contribution in [3.05, 3.63) is 23.4 Å². The van der Waals surface area contributed by atoms with E-state index in [1.54, 1.807) is 37.7 Å². The molecular weight excluding hydrogens is 236 g/mol. The number of carboxylic acid groups (broad SMARTS) is 2. The van der Waals surface area contributed by atoms with Crippen molar-refractivity contribution in [3.63, 3.8) is 0 Å². The fourth-order valence-electron chi connectivity index (χ4n) is 1.88. The Morgan fingerprint density at radius 3 is 2.44 bits per heavy atom. The summed E-state index contributed by atoms with van der Waals surface area (Å²) in [5.74, 6) is -1.63.